The molecule has 3 rings (SSSR count). The molecule has 96 valence electrons. The Morgan fingerprint density at radius 2 is 2.11 bits per heavy atom. The number of urea groups is 1. The standard InChI is InChI=1S/C12H14N2O4/c1-12(16)5-14(6-12)11(15)13-8-2-3-9-10(4-8)18-7-17-9/h2-4,16H,5-7H2,1H3,(H,13,15). The van der Waals surface area contributed by atoms with Crippen LogP contribution >= 0.6 is 0 Å². The summed E-state index contributed by atoms with van der Waals surface area (Å²) in [4.78, 5) is 13.4. The molecule has 0 unspecified atom stereocenters. The van der Waals surface area contributed by atoms with Gasteiger partial charge in [0.2, 0.25) is 6.79 Å². The van der Waals surface area contributed by atoms with Crippen LogP contribution in [0.15, 0.2) is 18.2 Å². The molecule has 1 aromatic rings. The molecule has 1 aromatic carbocycles. The molecule has 1 fully saturated rings. The zero-order valence-corrected chi connectivity index (χ0v) is 9.97. The lowest BCUT2D eigenvalue weighted by atomic mass is 9.98. The number of carbonyl (C=O) groups excluding carboxylic acids is 1. The van der Waals surface area contributed by atoms with Gasteiger partial charge in [-0.1, -0.05) is 0 Å². The zero-order chi connectivity index (χ0) is 12.8. The highest BCUT2D eigenvalue weighted by atomic mass is 16.7. The monoisotopic (exact) mass is 250 g/mol. The number of amides is 2. The Morgan fingerprint density at radius 3 is 2.83 bits per heavy atom. The van der Waals surface area contributed by atoms with Crippen LogP contribution in [0, 0.1) is 0 Å². The summed E-state index contributed by atoms with van der Waals surface area (Å²) in [5, 5.41) is 12.3. The van der Waals surface area contributed by atoms with E-state index in [9.17, 15) is 9.90 Å². The van der Waals surface area contributed by atoms with Crippen molar-refractivity contribution in [2.45, 2.75) is 12.5 Å². The molecule has 0 saturated carbocycles. The van der Waals surface area contributed by atoms with Crippen LogP contribution in [-0.2, 0) is 0 Å². The Hall–Kier alpha value is -1.95. The number of fused-ring (bicyclic) bond motifs is 1. The zero-order valence-electron chi connectivity index (χ0n) is 9.97. The van der Waals surface area contributed by atoms with Gasteiger partial charge in [-0.15, -0.1) is 0 Å². The highest BCUT2D eigenvalue weighted by molar-refractivity contribution is 5.90. The number of β-amino-alcohol motifs (C(OH)–C–C–N with tert-alkyl or cyclic N) is 1. The largest absolute Gasteiger partial charge is 0.454 e. The van der Waals surface area contributed by atoms with Gasteiger partial charge in [0, 0.05) is 11.8 Å². The van der Waals surface area contributed by atoms with Crippen molar-refractivity contribution >= 4 is 11.7 Å². The summed E-state index contributed by atoms with van der Waals surface area (Å²) in [6, 6.07) is 5.01. The number of hydrogen-bond acceptors (Lipinski definition) is 4. The van der Waals surface area contributed by atoms with Crippen molar-refractivity contribution in [3.63, 3.8) is 0 Å². The van der Waals surface area contributed by atoms with Gasteiger partial charge in [-0.2, -0.15) is 0 Å². The van der Waals surface area contributed by atoms with Crippen LogP contribution in [0.3, 0.4) is 0 Å². The van der Waals surface area contributed by atoms with E-state index in [1.165, 1.54) is 0 Å². The Kier molecular flexibility index (Phi) is 2.34. The van der Waals surface area contributed by atoms with E-state index in [1.54, 1.807) is 30.0 Å². The summed E-state index contributed by atoms with van der Waals surface area (Å²) < 4.78 is 10.4. The summed E-state index contributed by atoms with van der Waals surface area (Å²) in [5.74, 6) is 1.31. The Bertz CT molecular complexity index is 493. The van der Waals surface area contributed by atoms with Crippen LogP contribution in [0.1, 0.15) is 6.92 Å². The third-order valence-electron chi connectivity index (χ3n) is 2.97. The maximum Gasteiger partial charge on any atom is 0.322 e. The quantitative estimate of drug-likeness (QED) is 0.780. The number of benzene rings is 1. The van der Waals surface area contributed by atoms with Gasteiger partial charge in [0.1, 0.15) is 0 Å². The van der Waals surface area contributed by atoms with Gasteiger partial charge in [0.25, 0.3) is 0 Å². The highest BCUT2D eigenvalue weighted by Gasteiger charge is 2.39. The molecule has 0 spiro atoms. The maximum absolute atomic E-state index is 11.8. The van der Waals surface area contributed by atoms with Crippen molar-refractivity contribution in [2.24, 2.45) is 0 Å². The second-order valence-corrected chi connectivity index (χ2v) is 4.85. The SMILES string of the molecule is CC1(O)CN(C(=O)Nc2ccc3c(c2)OCO3)C1. The topological polar surface area (TPSA) is 71.0 Å². The second-order valence-electron chi connectivity index (χ2n) is 4.85. The van der Waals surface area contributed by atoms with Crippen LogP contribution < -0.4 is 14.8 Å². The van der Waals surface area contributed by atoms with E-state index < -0.39 is 5.60 Å². The van der Waals surface area contributed by atoms with E-state index in [2.05, 4.69) is 5.32 Å². The molecule has 2 aliphatic heterocycles. The Balaban J connectivity index is 1.65. The lowest BCUT2D eigenvalue weighted by molar-refractivity contribution is -0.0581. The molecule has 2 amide bonds. The number of anilines is 1. The van der Waals surface area contributed by atoms with E-state index in [0.717, 1.165) is 0 Å². The molecule has 2 aliphatic rings. The normalized spacial score (nSPS) is 19.3. The number of aliphatic hydroxyl groups is 1. The molecule has 6 nitrogen and oxygen atoms in total. The predicted octanol–water partition coefficient (Wildman–Crippen LogP) is 1.01. The second kappa shape index (κ2) is 3.78. The van der Waals surface area contributed by atoms with Crippen LogP contribution in [0.25, 0.3) is 0 Å². The average Bonchev–Trinajstić information content (AvgIpc) is 2.72. The third-order valence-corrected chi connectivity index (χ3v) is 2.97. The lowest BCUT2D eigenvalue weighted by Gasteiger charge is -2.43. The van der Waals surface area contributed by atoms with Gasteiger partial charge in [0.05, 0.1) is 18.7 Å². The van der Waals surface area contributed by atoms with Crippen molar-refractivity contribution in [3.8, 4) is 11.5 Å². The first-order valence-electron chi connectivity index (χ1n) is 5.71. The van der Waals surface area contributed by atoms with Crippen LogP contribution in [0.5, 0.6) is 11.5 Å². The minimum Gasteiger partial charge on any atom is -0.454 e. The molecular formula is C12H14N2O4. The van der Waals surface area contributed by atoms with E-state index in [-0.39, 0.29) is 12.8 Å². The first-order chi connectivity index (χ1) is 8.53. The fourth-order valence-corrected chi connectivity index (χ4v) is 2.10. The summed E-state index contributed by atoms with van der Waals surface area (Å²) in [6.45, 7) is 2.62. The molecule has 6 heteroatoms. The Morgan fingerprint density at radius 1 is 1.39 bits per heavy atom. The number of carbonyl (C=O) groups is 1. The highest BCUT2D eigenvalue weighted by Crippen LogP contribution is 2.34. The maximum atomic E-state index is 11.8. The Labute approximate surface area is 104 Å². The molecule has 0 aromatic heterocycles. The van der Waals surface area contributed by atoms with Gasteiger partial charge >= 0.3 is 6.03 Å². The summed E-state index contributed by atoms with van der Waals surface area (Å²) >= 11 is 0. The fraction of sp³-hybridized carbons (Fsp3) is 0.417. The van der Waals surface area contributed by atoms with Gasteiger partial charge in [-0.25, -0.2) is 4.79 Å². The molecule has 0 bridgehead atoms. The fourth-order valence-electron chi connectivity index (χ4n) is 2.10. The lowest BCUT2D eigenvalue weighted by Crippen LogP contribution is -2.62. The molecule has 18 heavy (non-hydrogen) atoms. The molecular weight excluding hydrogens is 236 g/mol. The van der Waals surface area contributed by atoms with E-state index >= 15 is 0 Å². The number of hydrogen-bond donors (Lipinski definition) is 2. The predicted molar refractivity (Wildman–Crippen MR) is 63.8 cm³/mol. The van der Waals surface area contributed by atoms with Gasteiger partial charge in [-0.05, 0) is 19.1 Å². The summed E-state index contributed by atoms with van der Waals surface area (Å²) in [7, 11) is 0. The van der Waals surface area contributed by atoms with E-state index in [0.29, 0.717) is 30.3 Å². The van der Waals surface area contributed by atoms with Crippen molar-refractivity contribution in [1.82, 2.24) is 4.90 Å². The number of likely N-dealkylation sites (tertiary alicyclic amines) is 1. The van der Waals surface area contributed by atoms with Crippen molar-refractivity contribution in [1.29, 1.82) is 0 Å². The minimum absolute atomic E-state index is 0.210. The molecule has 0 atom stereocenters. The number of rotatable bonds is 1. The molecule has 1 saturated heterocycles. The molecule has 2 heterocycles. The van der Waals surface area contributed by atoms with Crippen molar-refractivity contribution in [3.05, 3.63) is 18.2 Å². The smallest absolute Gasteiger partial charge is 0.322 e. The van der Waals surface area contributed by atoms with E-state index in [1.807, 2.05) is 0 Å². The average molecular weight is 250 g/mol. The molecule has 0 aliphatic carbocycles. The molecule has 0 radical (unpaired) electrons. The van der Waals surface area contributed by atoms with Gasteiger partial charge in [0.15, 0.2) is 11.5 Å². The molecule has 2 N–H and O–H groups in total. The minimum atomic E-state index is -0.758. The van der Waals surface area contributed by atoms with Crippen LogP contribution in [0.4, 0.5) is 10.5 Å². The number of nitrogens with zero attached hydrogens (tertiary/aromatic N) is 1. The van der Waals surface area contributed by atoms with E-state index in [4.69, 9.17) is 9.47 Å². The number of nitrogens with one attached hydrogen (secondary N) is 1. The van der Waals surface area contributed by atoms with Crippen LogP contribution in [-0.4, -0.2) is 41.5 Å². The van der Waals surface area contributed by atoms with Crippen molar-refractivity contribution < 1.29 is 19.4 Å². The van der Waals surface area contributed by atoms with Gasteiger partial charge < -0.3 is 24.8 Å². The summed E-state index contributed by atoms with van der Waals surface area (Å²) in [6.07, 6.45) is 0. The first-order valence-corrected chi connectivity index (χ1v) is 5.71. The first kappa shape index (κ1) is 11.2. The third kappa shape index (κ3) is 1.95. The van der Waals surface area contributed by atoms with Crippen molar-refractivity contribution in [2.75, 3.05) is 25.2 Å². The van der Waals surface area contributed by atoms with Crippen LogP contribution in [0.2, 0.25) is 0 Å². The summed E-state index contributed by atoms with van der Waals surface area (Å²) in [5.41, 5.74) is -0.109. The number of ether oxygens (including phenoxy) is 2. The van der Waals surface area contributed by atoms with Gasteiger partial charge in [-0.3, -0.25) is 0 Å².